The first-order valence-electron chi connectivity index (χ1n) is 8.41. The summed E-state index contributed by atoms with van der Waals surface area (Å²) < 4.78 is 20.6. The number of rotatable bonds is 8. The fraction of sp³-hybridized carbons (Fsp3) is 0.444. The van der Waals surface area contributed by atoms with Crippen LogP contribution in [0.2, 0.25) is 0 Å². The fourth-order valence-electron chi connectivity index (χ4n) is 2.38. The summed E-state index contributed by atoms with van der Waals surface area (Å²) in [6.45, 7) is 3.31. The molecule has 0 aliphatic heterocycles. The third-order valence-corrected chi connectivity index (χ3v) is 3.61. The molecule has 0 saturated heterocycles. The highest BCUT2D eigenvalue weighted by Crippen LogP contribution is 2.13. The van der Waals surface area contributed by atoms with Crippen molar-refractivity contribution in [3.63, 3.8) is 0 Å². The third kappa shape index (κ3) is 6.82. The molecule has 2 rings (SSSR count). The molecule has 1 heterocycles. The van der Waals surface area contributed by atoms with Crippen LogP contribution >= 0.6 is 0 Å². The van der Waals surface area contributed by atoms with Gasteiger partial charge in [-0.3, -0.25) is 9.67 Å². The first kappa shape index (κ1) is 18.8. The maximum atomic E-state index is 13.2. The number of aliphatic imine (C=N–C) groups is 1. The SMILES string of the molecule is CN=C(NCCCc1cnn(C)c1)NCC(C)Oc1cccc(F)c1. The summed E-state index contributed by atoms with van der Waals surface area (Å²) in [5.74, 6) is 0.943. The molecule has 1 atom stereocenters. The van der Waals surface area contributed by atoms with Crippen LogP contribution < -0.4 is 15.4 Å². The summed E-state index contributed by atoms with van der Waals surface area (Å²) >= 11 is 0. The molecule has 1 aromatic carbocycles. The second-order valence-electron chi connectivity index (χ2n) is 5.89. The van der Waals surface area contributed by atoms with Crippen LogP contribution in [0.4, 0.5) is 4.39 Å². The van der Waals surface area contributed by atoms with Gasteiger partial charge >= 0.3 is 0 Å². The van der Waals surface area contributed by atoms with Gasteiger partial charge in [-0.1, -0.05) is 6.07 Å². The Morgan fingerprint density at radius 1 is 1.40 bits per heavy atom. The van der Waals surface area contributed by atoms with Crippen LogP contribution in [0.25, 0.3) is 0 Å². The fourth-order valence-corrected chi connectivity index (χ4v) is 2.38. The van der Waals surface area contributed by atoms with Gasteiger partial charge < -0.3 is 15.4 Å². The number of aryl methyl sites for hydroxylation is 2. The Labute approximate surface area is 148 Å². The maximum absolute atomic E-state index is 13.2. The zero-order valence-electron chi connectivity index (χ0n) is 15.0. The lowest BCUT2D eigenvalue weighted by Gasteiger charge is -2.17. The van der Waals surface area contributed by atoms with Crippen molar-refractivity contribution in [2.45, 2.75) is 25.9 Å². The standard InChI is InChI=1S/C18H26FN5O/c1-14(25-17-8-4-7-16(19)10-17)11-22-18(20-2)21-9-5-6-15-12-23-24(3)13-15/h4,7-8,10,12-14H,5-6,9,11H2,1-3H3,(H2,20,21,22). The van der Waals surface area contributed by atoms with Crippen molar-refractivity contribution >= 4 is 5.96 Å². The molecule has 0 aliphatic rings. The quantitative estimate of drug-likeness (QED) is 0.436. The average Bonchev–Trinajstić information content (AvgIpc) is 2.99. The summed E-state index contributed by atoms with van der Waals surface area (Å²) in [5.41, 5.74) is 1.23. The van der Waals surface area contributed by atoms with Gasteiger partial charge in [0.2, 0.25) is 0 Å². The van der Waals surface area contributed by atoms with E-state index in [1.807, 2.05) is 31.0 Å². The van der Waals surface area contributed by atoms with E-state index in [9.17, 15) is 4.39 Å². The second kappa shape index (κ2) is 9.66. The van der Waals surface area contributed by atoms with Crippen LogP contribution in [0.5, 0.6) is 5.75 Å². The first-order chi connectivity index (χ1) is 12.1. The zero-order chi connectivity index (χ0) is 18.1. The Kier molecular flexibility index (Phi) is 7.25. The predicted molar refractivity (Wildman–Crippen MR) is 97.4 cm³/mol. The molecule has 0 saturated carbocycles. The normalized spacial score (nSPS) is 12.7. The van der Waals surface area contributed by atoms with Crippen LogP contribution in [-0.4, -0.2) is 42.0 Å². The van der Waals surface area contributed by atoms with Crippen molar-refractivity contribution in [2.24, 2.45) is 12.0 Å². The first-order valence-corrected chi connectivity index (χ1v) is 8.41. The Bertz CT molecular complexity index is 686. The molecule has 0 spiro atoms. The summed E-state index contributed by atoms with van der Waals surface area (Å²) in [5, 5.41) is 10.6. The Morgan fingerprint density at radius 2 is 2.24 bits per heavy atom. The van der Waals surface area contributed by atoms with Crippen molar-refractivity contribution in [1.29, 1.82) is 0 Å². The number of hydrogen-bond donors (Lipinski definition) is 2. The molecule has 0 radical (unpaired) electrons. The molecule has 2 N–H and O–H groups in total. The Balaban J connectivity index is 1.65. The molecule has 7 heteroatoms. The van der Waals surface area contributed by atoms with Crippen molar-refractivity contribution in [1.82, 2.24) is 20.4 Å². The number of hydrogen-bond acceptors (Lipinski definition) is 3. The predicted octanol–water partition coefficient (Wildman–Crippen LogP) is 2.12. The van der Waals surface area contributed by atoms with Crippen molar-refractivity contribution in [2.75, 3.05) is 20.1 Å². The van der Waals surface area contributed by atoms with Gasteiger partial charge in [-0.15, -0.1) is 0 Å². The molecule has 0 fully saturated rings. The minimum absolute atomic E-state index is 0.115. The van der Waals surface area contributed by atoms with Crippen LogP contribution in [0.3, 0.4) is 0 Å². The van der Waals surface area contributed by atoms with Crippen LogP contribution in [0.1, 0.15) is 18.9 Å². The maximum Gasteiger partial charge on any atom is 0.191 e. The van der Waals surface area contributed by atoms with Gasteiger partial charge in [0, 0.05) is 32.9 Å². The smallest absolute Gasteiger partial charge is 0.191 e. The van der Waals surface area contributed by atoms with Gasteiger partial charge in [-0.2, -0.15) is 5.10 Å². The highest BCUT2D eigenvalue weighted by atomic mass is 19.1. The third-order valence-electron chi connectivity index (χ3n) is 3.61. The molecule has 136 valence electrons. The largest absolute Gasteiger partial charge is 0.489 e. The monoisotopic (exact) mass is 347 g/mol. The van der Waals surface area contributed by atoms with Gasteiger partial charge in [-0.25, -0.2) is 4.39 Å². The van der Waals surface area contributed by atoms with Crippen LogP contribution in [0, 0.1) is 5.82 Å². The summed E-state index contributed by atoms with van der Waals surface area (Å²) in [7, 11) is 3.65. The van der Waals surface area contributed by atoms with E-state index in [1.165, 1.54) is 17.7 Å². The van der Waals surface area contributed by atoms with Gasteiger partial charge in [0.15, 0.2) is 5.96 Å². The lowest BCUT2D eigenvalue weighted by atomic mass is 10.2. The minimum atomic E-state index is -0.302. The number of nitrogens with one attached hydrogen (secondary N) is 2. The molecule has 0 bridgehead atoms. The van der Waals surface area contributed by atoms with E-state index in [-0.39, 0.29) is 11.9 Å². The number of halogens is 1. The highest BCUT2D eigenvalue weighted by molar-refractivity contribution is 5.79. The zero-order valence-corrected chi connectivity index (χ0v) is 15.0. The van der Waals surface area contributed by atoms with Gasteiger partial charge in [0.1, 0.15) is 17.7 Å². The molecule has 1 unspecified atom stereocenters. The molecule has 0 amide bonds. The molecule has 0 aliphatic carbocycles. The Hall–Kier alpha value is -2.57. The van der Waals surface area contributed by atoms with Gasteiger partial charge in [0.25, 0.3) is 0 Å². The number of aromatic nitrogens is 2. The molecule has 25 heavy (non-hydrogen) atoms. The van der Waals surface area contributed by atoms with Gasteiger partial charge in [0.05, 0.1) is 12.7 Å². The molecule has 6 nitrogen and oxygen atoms in total. The van der Waals surface area contributed by atoms with Crippen molar-refractivity contribution < 1.29 is 9.13 Å². The summed E-state index contributed by atoms with van der Waals surface area (Å²) in [4.78, 5) is 4.19. The topological polar surface area (TPSA) is 63.5 Å². The minimum Gasteiger partial charge on any atom is -0.489 e. The highest BCUT2D eigenvalue weighted by Gasteiger charge is 2.06. The second-order valence-corrected chi connectivity index (χ2v) is 5.89. The number of guanidine groups is 1. The Morgan fingerprint density at radius 3 is 2.92 bits per heavy atom. The number of ether oxygens (including phenoxy) is 1. The number of nitrogens with zero attached hydrogens (tertiary/aromatic N) is 3. The van der Waals surface area contributed by atoms with Crippen molar-refractivity contribution in [3.8, 4) is 5.75 Å². The average molecular weight is 347 g/mol. The van der Waals surface area contributed by atoms with E-state index in [0.29, 0.717) is 12.3 Å². The van der Waals surface area contributed by atoms with E-state index >= 15 is 0 Å². The molecular formula is C18H26FN5O. The van der Waals surface area contributed by atoms with Gasteiger partial charge in [-0.05, 0) is 37.5 Å². The van der Waals surface area contributed by atoms with E-state index in [0.717, 1.165) is 25.3 Å². The lowest BCUT2D eigenvalue weighted by molar-refractivity contribution is 0.223. The molecule has 2 aromatic rings. The number of benzene rings is 1. The van der Waals surface area contributed by atoms with E-state index in [1.54, 1.807) is 19.2 Å². The van der Waals surface area contributed by atoms with Crippen LogP contribution in [-0.2, 0) is 13.5 Å². The van der Waals surface area contributed by atoms with E-state index in [4.69, 9.17) is 4.74 Å². The van der Waals surface area contributed by atoms with E-state index in [2.05, 4.69) is 20.7 Å². The summed E-state index contributed by atoms with van der Waals surface area (Å²) in [6.07, 6.45) is 5.76. The molecular weight excluding hydrogens is 321 g/mol. The summed E-state index contributed by atoms with van der Waals surface area (Å²) in [6, 6.07) is 6.15. The van der Waals surface area contributed by atoms with Crippen molar-refractivity contribution in [3.05, 3.63) is 48.0 Å². The molecule has 1 aromatic heterocycles. The van der Waals surface area contributed by atoms with E-state index < -0.39 is 0 Å². The van der Waals surface area contributed by atoms with Crippen LogP contribution in [0.15, 0.2) is 41.7 Å². The lowest BCUT2D eigenvalue weighted by Crippen LogP contribution is -2.42.